The molecule has 25 heavy (non-hydrogen) atoms. The largest absolute Gasteiger partial charge is 0.375 e. The van der Waals surface area contributed by atoms with Gasteiger partial charge in [0.15, 0.2) is 0 Å². The fourth-order valence-corrected chi connectivity index (χ4v) is 3.80. The summed E-state index contributed by atoms with van der Waals surface area (Å²) in [5.74, 6) is -0.425. The summed E-state index contributed by atoms with van der Waals surface area (Å²) in [6, 6.07) is 6.65. The normalized spacial score (nSPS) is 23.1. The molecule has 0 radical (unpaired) electrons. The molecule has 0 spiro atoms. The molecule has 1 aromatic rings. The molecule has 5 nitrogen and oxygen atoms in total. The number of ether oxygens (including phenoxy) is 1. The Kier molecular flexibility index (Phi) is 5.67. The second-order valence-electron chi connectivity index (χ2n) is 6.70. The Hall–Kier alpha value is -1.97. The number of likely N-dealkylation sites (N-methyl/N-ethyl adjacent to an activating group) is 1. The quantitative estimate of drug-likeness (QED) is 0.822. The summed E-state index contributed by atoms with van der Waals surface area (Å²) in [7, 11) is 0. The lowest BCUT2D eigenvalue weighted by Crippen LogP contribution is -2.52. The molecular formula is C19H24FN3O2. The Morgan fingerprint density at radius 2 is 2.32 bits per heavy atom. The van der Waals surface area contributed by atoms with Crippen molar-refractivity contribution in [2.24, 2.45) is 0 Å². The number of benzene rings is 1. The second kappa shape index (κ2) is 7.94. The van der Waals surface area contributed by atoms with Crippen molar-refractivity contribution >= 4 is 5.91 Å². The van der Waals surface area contributed by atoms with Crippen LogP contribution in [0.2, 0.25) is 0 Å². The predicted octanol–water partition coefficient (Wildman–Crippen LogP) is 2.30. The predicted molar refractivity (Wildman–Crippen MR) is 91.2 cm³/mol. The van der Waals surface area contributed by atoms with Crippen LogP contribution in [-0.4, -0.2) is 54.1 Å². The smallest absolute Gasteiger partial charge is 0.237 e. The van der Waals surface area contributed by atoms with Crippen molar-refractivity contribution in [1.29, 1.82) is 5.26 Å². The molecule has 1 aromatic carbocycles. The molecule has 1 saturated carbocycles. The van der Waals surface area contributed by atoms with Gasteiger partial charge in [-0.25, -0.2) is 4.39 Å². The number of nitrogens with zero attached hydrogens (tertiary/aromatic N) is 3. The third-order valence-corrected chi connectivity index (χ3v) is 5.21. The molecule has 1 saturated heterocycles. The Labute approximate surface area is 148 Å². The minimum Gasteiger partial charge on any atom is -0.375 e. The van der Waals surface area contributed by atoms with Crippen LogP contribution in [0, 0.1) is 17.1 Å². The van der Waals surface area contributed by atoms with E-state index in [1.165, 1.54) is 6.07 Å². The molecule has 6 heteroatoms. The lowest BCUT2D eigenvalue weighted by atomic mass is 10.1. The fourth-order valence-electron chi connectivity index (χ4n) is 3.80. The lowest BCUT2D eigenvalue weighted by Gasteiger charge is -2.38. The number of morpholine rings is 1. The highest BCUT2D eigenvalue weighted by Crippen LogP contribution is 2.29. The van der Waals surface area contributed by atoms with Crippen LogP contribution in [0.3, 0.4) is 0 Å². The van der Waals surface area contributed by atoms with Crippen molar-refractivity contribution in [1.82, 2.24) is 9.80 Å². The molecule has 0 aromatic heterocycles. The lowest BCUT2D eigenvalue weighted by molar-refractivity contribution is -0.136. The van der Waals surface area contributed by atoms with Gasteiger partial charge in [0.2, 0.25) is 5.91 Å². The third-order valence-electron chi connectivity index (χ3n) is 5.21. The Morgan fingerprint density at radius 3 is 3.04 bits per heavy atom. The summed E-state index contributed by atoms with van der Waals surface area (Å²) in [5, 5.41) is 8.83. The maximum Gasteiger partial charge on any atom is 0.237 e. The summed E-state index contributed by atoms with van der Waals surface area (Å²) in [5.41, 5.74) is 0.728. The van der Waals surface area contributed by atoms with Gasteiger partial charge in [-0.05, 0) is 38.3 Å². The molecule has 2 aliphatic rings. The summed E-state index contributed by atoms with van der Waals surface area (Å²) in [6.45, 7) is 4.45. The van der Waals surface area contributed by atoms with E-state index in [2.05, 4.69) is 4.90 Å². The standard InChI is InChI=1S/C19H24FN3O2/c1-2-22(12-15-7-6-14(11-21)10-16(15)20)19(24)13-23-8-9-25-18-5-3-4-17(18)23/h6-7,10,17-18H,2-5,8-9,12-13H2,1H3/t17-,18+/m1/s1. The topological polar surface area (TPSA) is 56.6 Å². The highest BCUT2D eigenvalue weighted by Gasteiger charge is 2.37. The number of nitriles is 1. The molecular weight excluding hydrogens is 321 g/mol. The summed E-state index contributed by atoms with van der Waals surface area (Å²) >= 11 is 0. The number of hydrogen-bond acceptors (Lipinski definition) is 4. The van der Waals surface area contributed by atoms with Crippen LogP contribution in [0.25, 0.3) is 0 Å². The van der Waals surface area contributed by atoms with Crippen molar-refractivity contribution in [3.05, 3.63) is 35.1 Å². The zero-order valence-electron chi connectivity index (χ0n) is 14.6. The molecule has 2 fully saturated rings. The molecule has 1 amide bonds. The molecule has 1 heterocycles. The van der Waals surface area contributed by atoms with Crippen LogP contribution in [0.1, 0.15) is 37.3 Å². The number of rotatable bonds is 5. The third kappa shape index (κ3) is 4.00. The van der Waals surface area contributed by atoms with Crippen LogP contribution in [-0.2, 0) is 16.1 Å². The van der Waals surface area contributed by atoms with Gasteiger partial charge >= 0.3 is 0 Å². The molecule has 1 aliphatic heterocycles. The number of hydrogen-bond donors (Lipinski definition) is 0. The first kappa shape index (κ1) is 17.8. The zero-order chi connectivity index (χ0) is 17.8. The van der Waals surface area contributed by atoms with E-state index in [4.69, 9.17) is 10.00 Å². The number of fused-ring (bicyclic) bond motifs is 1. The molecule has 2 atom stereocenters. The van der Waals surface area contributed by atoms with Gasteiger partial charge < -0.3 is 9.64 Å². The van der Waals surface area contributed by atoms with Gasteiger partial charge in [-0.15, -0.1) is 0 Å². The highest BCUT2D eigenvalue weighted by molar-refractivity contribution is 5.78. The number of halogens is 1. The summed E-state index contributed by atoms with van der Waals surface area (Å²) in [6.07, 6.45) is 3.55. The van der Waals surface area contributed by atoms with E-state index < -0.39 is 5.82 Å². The van der Waals surface area contributed by atoms with E-state index in [1.807, 2.05) is 13.0 Å². The van der Waals surface area contributed by atoms with Gasteiger partial charge in [0, 0.05) is 31.2 Å². The molecule has 1 aliphatic carbocycles. The van der Waals surface area contributed by atoms with Crippen LogP contribution in [0.4, 0.5) is 4.39 Å². The molecule has 0 N–H and O–H groups in total. The van der Waals surface area contributed by atoms with Crippen molar-refractivity contribution in [2.45, 2.75) is 44.9 Å². The van der Waals surface area contributed by atoms with Crippen molar-refractivity contribution in [2.75, 3.05) is 26.2 Å². The van der Waals surface area contributed by atoms with Gasteiger partial charge in [0.05, 0.1) is 30.9 Å². The van der Waals surface area contributed by atoms with E-state index in [9.17, 15) is 9.18 Å². The van der Waals surface area contributed by atoms with Crippen LogP contribution < -0.4 is 0 Å². The second-order valence-corrected chi connectivity index (χ2v) is 6.70. The first-order valence-electron chi connectivity index (χ1n) is 8.94. The van der Waals surface area contributed by atoms with Crippen LogP contribution >= 0.6 is 0 Å². The zero-order valence-corrected chi connectivity index (χ0v) is 14.6. The van der Waals surface area contributed by atoms with Gasteiger partial charge in [0.25, 0.3) is 0 Å². The summed E-state index contributed by atoms with van der Waals surface area (Å²) in [4.78, 5) is 16.6. The minimum absolute atomic E-state index is 0.0128. The molecule has 0 bridgehead atoms. The van der Waals surface area contributed by atoms with E-state index in [0.717, 1.165) is 25.8 Å². The summed E-state index contributed by atoms with van der Waals surface area (Å²) < 4.78 is 19.9. The van der Waals surface area contributed by atoms with E-state index in [1.54, 1.807) is 17.0 Å². The first-order valence-corrected chi connectivity index (χ1v) is 8.94. The average molecular weight is 345 g/mol. The Balaban J connectivity index is 1.64. The van der Waals surface area contributed by atoms with Gasteiger partial charge in [-0.3, -0.25) is 9.69 Å². The van der Waals surface area contributed by atoms with Crippen molar-refractivity contribution in [3.63, 3.8) is 0 Å². The maximum absolute atomic E-state index is 14.1. The van der Waals surface area contributed by atoms with E-state index in [-0.39, 0.29) is 24.1 Å². The molecule has 134 valence electrons. The fraction of sp³-hybridized carbons (Fsp3) is 0.579. The number of carbonyl (C=O) groups excluding carboxylic acids is 1. The molecule has 0 unspecified atom stereocenters. The van der Waals surface area contributed by atoms with Crippen LogP contribution in [0.5, 0.6) is 0 Å². The number of carbonyl (C=O) groups is 1. The van der Waals surface area contributed by atoms with E-state index in [0.29, 0.717) is 31.3 Å². The maximum atomic E-state index is 14.1. The Morgan fingerprint density at radius 1 is 1.48 bits per heavy atom. The monoisotopic (exact) mass is 345 g/mol. The Bertz CT molecular complexity index is 673. The number of amides is 1. The van der Waals surface area contributed by atoms with E-state index >= 15 is 0 Å². The first-order chi connectivity index (χ1) is 12.1. The van der Waals surface area contributed by atoms with Crippen molar-refractivity contribution < 1.29 is 13.9 Å². The van der Waals surface area contributed by atoms with Gasteiger partial charge in [0.1, 0.15) is 5.82 Å². The van der Waals surface area contributed by atoms with Gasteiger partial charge in [-0.1, -0.05) is 6.07 Å². The van der Waals surface area contributed by atoms with Gasteiger partial charge in [-0.2, -0.15) is 5.26 Å². The minimum atomic E-state index is -0.437. The van der Waals surface area contributed by atoms with Crippen molar-refractivity contribution in [3.8, 4) is 6.07 Å². The highest BCUT2D eigenvalue weighted by atomic mass is 19.1. The SMILES string of the molecule is CCN(Cc1ccc(C#N)cc1F)C(=O)CN1CCO[C@H]2CCC[C@H]21. The van der Waals surface area contributed by atoms with Crippen LogP contribution in [0.15, 0.2) is 18.2 Å². The average Bonchev–Trinajstić information content (AvgIpc) is 3.10. The molecule has 3 rings (SSSR count).